The fourth-order valence-corrected chi connectivity index (χ4v) is 2.65. The van der Waals surface area contributed by atoms with Crippen molar-refractivity contribution in [1.82, 2.24) is 0 Å². The van der Waals surface area contributed by atoms with Gasteiger partial charge in [0.2, 0.25) is 0 Å². The summed E-state index contributed by atoms with van der Waals surface area (Å²) in [6.45, 7) is 4.35. The number of hydrogen-bond donors (Lipinski definition) is 1. The summed E-state index contributed by atoms with van der Waals surface area (Å²) in [4.78, 5) is 2.17. The monoisotopic (exact) mass is 282 g/mol. The second-order valence-corrected chi connectivity index (χ2v) is 5.11. The molecule has 104 valence electrons. The highest BCUT2D eigenvalue weighted by molar-refractivity contribution is 7.80. The largest absolute Gasteiger partial charge is 0.389 e. The third-order valence-corrected chi connectivity index (χ3v) is 3.61. The fourth-order valence-electron chi connectivity index (χ4n) is 2.45. The molecular formula is C14H19FN2OS. The topological polar surface area (TPSA) is 38.5 Å². The molecular weight excluding hydrogens is 263 g/mol. The first kappa shape index (κ1) is 14.2. The molecule has 1 unspecified atom stereocenters. The Balaban J connectivity index is 2.26. The number of likely N-dealkylation sites (N-methyl/N-ethyl adjacent to an activating group) is 1. The van der Waals surface area contributed by atoms with Crippen LogP contribution < -0.4 is 10.6 Å². The van der Waals surface area contributed by atoms with Crippen molar-refractivity contribution in [2.75, 3.05) is 24.6 Å². The van der Waals surface area contributed by atoms with Crippen LogP contribution in [0.5, 0.6) is 0 Å². The third kappa shape index (κ3) is 3.22. The Morgan fingerprint density at radius 1 is 1.58 bits per heavy atom. The molecule has 1 atom stereocenters. The lowest BCUT2D eigenvalue weighted by molar-refractivity contribution is 0.115. The molecule has 2 N–H and O–H groups in total. The number of benzene rings is 1. The van der Waals surface area contributed by atoms with Gasteiger partial charge in [0.25, 0.3) is 0 Å². The van der Waals surface area contributed by atoms with E-state index in [0.29, 0.717) is 5.56 Å². The molecule has 5 heteroatoms. The summed E-state index contributed by atoms with van der Waals surface area (Å²) in [5.74, 6) is -0.365. The summed E-state index contributed by atoms with van der Waals surface area (Å²) < 4.78 is 19.5. The van der Waals surface area contributed by atoms with Crippen molar-refractivity contribution in [3.63, 3.8) is 0 Å². The lowest BCUT2D eigenvalue weighted by Gasteiger charge is -2.28. The number of halogens is 1. The first-order valence-corrected chi connectivity index (χ1v) is 6.99. The molecule has 0 aromatic heterocycles. The van der Waals surface area contributed by atoms with Crippen LogP contribution in [-0.4, -0.2) is 30.8 Å². The van der Waals surface area contributed by atoms with E-state index in [0.717, 1.165) is 38.2 Å². The number of nitrogens with two attached hydrogens (primary N) is 1. The molecule has 1 aromatic rings. The van der Waals surface area contributed by atoms with E-state index in [-0.39, 0.29) is 16.9 Å². The van der Waals surface area contributed by atoms with Gasteiger partial charge in [-0.2, -0.15) is 0 Å². The smallest absolute Gasteiger partial charge is 0.135 e. The Kier molecular flexibility index (Phi) is 4.71. The molecule has 1 aliphatic heterocycles. The summed E-state index contributed by atoms with van der Waals surface area (Å²) in [6.07, 6.45) is 2.35. The van der Waals surface area contributed by atoms with Gasteiger partial charge in [-0.25, -0.2) is 4.39 Å². The number of thiocarbonyl (C=S) groups is 1. The number of anilines is 1. The molecule has 1 aromatic carbocycles. The van der Waals surface area contributed by atoms with Crippen LogP contribution in [0.4, 0.5) is 10.1 Å². The standard InChI is InChI=1S/C14H19FN2OS/c1-2-17(9-10-5-4-8-18-10)12-7-3-6-11(15)13(12)14(16)19/h3,6-7,10H,2,4-5,8-9H2,1H3,(H2,16,19). The van der Waals surface area contributed by atoms with Crippen molar-refractivity contribution in [3.8, 4) is 0 Å². The first-order valence-electron chi connectivity index (χ1n) is 6.58. The van der Waals surface area contributed by atoms with Crippen LogP contribution in [0.1, 0.15) is 25.3 Å². The van der Waals surface area contributed by atoms with Crippen LogP contribution in [0.25, 0.3) is 0 Å². The van der Waals surface area contributed by atoms with Gasteiger partial charge >= 0.3 is 0 Å². The molecule has 1 saturated heterocycles. The van der Waals surface area contributed by atoms with Gasteiger partial charge < -0.3 is 15.4 Å². The van der Waals surface area contributed by atoms with Crippen LogP contribution in [-0.2, 0) is 4.74 Å². The highest BCUT2D eigenvalue weighted by Crippen LogP contribution is 2.25. The van der Waals surface area contributed by atoms with Crippen LogP contribution >= 0.6 is 12.2 Å². The van der Waals surface area contributed by atoms with Gasteiger partial charge in [0.15, 0.2) is 0 Å². The van der Waals surface area contributed by atoms with E-state index in [4.69, 9.17) is 22.7 Å². The van der Waals surface area contributed by atoms with Crippen molar-refractivity contribution in [2.24, 2.45) is 5.73 Å². The minimum Gasteiger partial charge on any atom is -0.389 e. The predicted octanol–water partition coefficient (Wildman–Crippen LogP) is 2.47. The van der Waals surface area contributed by atoms with E-state index < -0.39 is 0 Å². The van der Waals surface area contributed by atoms with Gasteiger partial charge in [-0.15, -0.1) is 0 Å². The number of hydrogen-bond acceptors (Lipinski definition) is 3. The summed E-state index contributed by atoms with van der Waals surface area (Å²) in [6, 6.07) is 4.93. The zero-order valence-corrected chi connectivity index (χ0v) is 11.9. The molecule has 0 bridgehead atoms. The summed E-state index contributed by atoms with van der Waals surface area (Å²) in [7, 11) is 0. The summed E-state index contributed by atoms with van der Waals surface area (Å²) >= 11 is 4.97. The second-order valence-electron chi connectivity index (χ2n) is 4.67. The van der Waals surface area contributed by atoms with E-state index in [1.165, 1.54) is 6.07 Å². The van der Waals surface area contributed by atoms with Crippen LogP contribution in [0.2, 0.25) is 0 Å². The molecule has 1 aliphatic rings. The summed E-state index contributed by atoms with van der Waals surface area (Å²) in [5, 5.41) is 0. The molecule has 0 saturated carbocycles. The van der Waals surface area contributed by atoms with Crippen molar-refractivity contribution in [2.45, 2.75) is 25.9 Å². The van der Waals surface area contributed by atoms with Crippen molar-refractivity contribution in [3.05, 3.63) is 29.6 Å². The Hall–Kier alpha value is -1.20. The van der Waals surface area contributed by atoms with Gasteiger partial charge in [-0.05, 0) is 31.9 Å². The Morgan fingerprint density at radius 2 is 2.37 bits per heavy atom. The van der Waals surface area contributed by atoms with Gasteiger partial charge in [-0.3, -0.25) is 0 Å². The molecule has 19 heavy (non-hydrogen) atoms. The normalized spacial score (nSPS) is 18.5. The van der Waals surface area contributed by atoms with Gasteiger partial charge in [0.1, 0.15) is 10.8 Å². The van der Waals surface area contributed by atoms with E-state index in [9.17, 15) is 4.39 Å². The number of ether oxygens (including phenoxy) is 1. The second kappa shape index (κ2) is 6.30. The molecule has 0 spiro atoms. The predicted molar refractivity (Wildman–Crippen MR) is 79.1 cm³/mol. The van der Waals surface area contributed by atoms with E-state index in [1.54, 1.807) is 6.07 Å². The van der Waals surface area contributed by atoms with Crippen molar-refractivity contribution in [1.29, 1.82) is 0 Å². The quantitative estimate of drug-likeness (QED) is 0.842. The third-order valence-electron chi connectivity index (χ3n) is 3.41. The number of rotatable bonds is 5. The maximum Gasteiger partial charge on any atom is 0.135 e. The van der Waals surface area contributed by atoms with E-state index in [1.807, 2.05) is 13.0 Å². The average Bonchev–Trinajstić information content (AvgIpc) is 2.88. The highest BCUT2D eigenvalue weighted by atomic mass is 32.1. The molecule has 0 radical (unpaired) electrons. The van der Waals surface area contributed by atoms with E-state index in [2.05, 4.69) is 4.90 Å². The zero-order chi connectivity index (χ0) is 13.8. The lowest BCUT2D eigenvalue weighted by Crippen LogP contribution is -2.33. The van der Waals surface area contributed by atoms with Crippen LogP contribution in [0, 0.1) is 5.82 Å². The lowest BCUT2D eigenvalue weighted by atomic mass is 10.1. The van der Waals surface area contributed by atoms with Gasteiger partial charge in [0, 0.05) is 25.4 Å². The van der Waals surface area contributed by atoms with E-state index >= 15 is 0 Å². The molecule has 0 amide bonds. The van der Waals surface area contributed by atoms with Gasteiger partial charge in [-0.1, -0.05) is 18.3 Å². The fraction of sp³-hybridized carbons (Fsp3) is 0.500. The van der Waals surface area contributed by atoms with Crippen LogP contribution in [0.15, 0.2) is 18.2 Å². The first-order chi connectivity index (χ1) is 9.13. The molecule has 3 nitrogen and oxygen atoms in total. The SMILES string of the molecule is CCN(CC1CCCO1)c1cccc(F)c1C(N)=S. The van der Waals surface area contributed by atoms with Crippen molar-refractivity contribution < 1.29 is 9.13 Å². The molecule has 0 aliphatic carbocycles. The Bertz CT molecular complexity index is 461. The molecule has 2 rings (SSSR count). The maximum absolute atomic E-state index is 13.9. The summed E-state index contributed by atoms with van der Waals surface area (Å²) in [5.41, 5.74) is 6.74. The maximum atomic E-state index is 13.9. The minimum absolute atomic E-state index is 0.0962. The van der Waals surface area contributed by atoms with Crippen LogP contribution in [0.3, 0.4) is 0 Å². The Morgan fingerprint density at radius 3 is 2.95 bits per heavy atom. The minimum atomic E-state index is -0.365. The highest BCUT2D eigenvalue weighted by Gasteiger charge is 2.21. The zero-order valence-electron chi connectivity index (χ0n) is 11.1. The average molecular weight is 282 g/mol. The molecule has 1 heterocycles. The molecule has 1 fully saturated rings. The van der Waals surface area contributed by atoms with Crippen molar-refractivity contribution >= 4 is 22.9 Å². The Labute approximate surface area is 118 Å². The number of nitrogens with zero attached hydrogens (tertiary/aromatic N) is 1. The van der Waals surface area contributed by atoms with Gasteiger partial charge in [0.05, 0.1) is 11.7 Å².